The second kappa shape index (κ2) is 6.09. The topological polar surface area (TPSA) is 116 Å². The Kier molecular flexibility index (Phi) is 4.73. The van der Waals surface area contributed by atoms with Crippen molar-refractivity contribution >= 4 is 28.0 Å². The number of carbonyl (C=O) groups excluding carboxylic acids is 3. The van der Waals surface area contributed by atoms with Crippen LogP contribution in [0, 0.1) is 0 Å². The van der Waals surface area contributed by atoms with Gasteiger partial charge in [-0.1, -0.05) is 4.40 Å². The van der Waals surface area contributed by atoms with Crippen molar-refractivity contribution in [1.82, 2.24) is 0 Å². The van der Waals surface area contributed by atoms with Crippen LogP contribution in [0.3, 0.4) is 0 Å². The number of rotatable bonds is 4. The first-order valence-electron chi connectivity index (χ1n) is 5.02. The van der Waals surface area contributed by atoms with Crippen molar-refractivity contribution in [2.75, 3.05) is 14.2 Å². The van der Waals surface area contributed by atoms with Crippen molar-refractivity contribution in [3.05, 3.63) is 29.3 Å². The summed E-state index contributed by atoms with van der Waals surface area (Å²) in [5, 5.41) is 0. The Hall–Kier alpha value is -2.51. The highest BCUT2D eigenvalue weighted by Gasteiger charge is 2.24. The van der Waals surface area contributed by atoms with Gasteiger partial charge in [0.05, 0.1) is 25.3 Å². The van der Waals surface area contributed by atoms with Gasteiger partial charge in [0.25, 0.3) is 16.1 Å². The summed E-state index contributed by atoms with van der Waals surface area (Å²) in [6.45, 7) is 0. The van der Waals surface area contributed by atoms with Crippen molar-refractivity contribution in [2.24, 2.45) is 4.40 Å². The Morgan fingerprint density at radius 3 is 2.25 bits per heavy atom. The van der Waals surface area contributed by atoms with Gasteiger partial charge in [-0.3, -0.25) is 0 Å². The van der Waals surface area contributed by atoms with Crippen LogP contribution in [0.1, 0.15) is 20.7 Å². The van der Waals surface area contributed by atoms with Gasteiger partial charge in [-0.15, -0.1) is 0 Å². The van der Waals surface area contributed by atoms with Crippen LogP contribution < -0.4 is 0 Å². The third-order valence-electron chi connectivity index (χ3n) is 2.24. The molecule has 0 atom stereocenters. The van der Waals surface area contributed by atoms with Crippen LogP contribution in [0.5, 0.6) is 0 Å². The Labute approximate surface area is 114 Å². The number of ether oxygens (including phenoxy) is 2. The van der Waals surface area contributed by atoms with Gasteiger partial charge < -0.3 is 9.47 Å². The zero-order valence-electron chi connectivity index (χ0n) is 10.4. The summed E-state index contributed by atoms with van der Waals surface area (Å²) in [5.41, 5.74) is -0.487. The predicted molar refractivity (Wildman–Crippen MR) is 64.4 cm³/mol. The van der Waals surface area contributed by atoms with Gasteiger partial charge >= 0.3 is 11.9 Å². The number of isocyanates is 1. The van der Waals surface area contributed by atoms with E-state index < -0.39 is 26.9 Å². The maximum Gasteiger partial charge on any atom is 0.339 e. The van der Waals surface area contributed by atoms with E-state index in [9.17, 15) is 22.8 Å². The van der Waals surface area contributed by atoms with Gasteiger partial charge in [0.15, 0.2) is 0 Å². The van der Waals surface area contributed by atoms with E-state index in [2.05, 4.69) is 13.9 Å². The number of hydrogen-bond acceptors (Lipinski definition) is 7. The van der Waals surface area contributed by atoms with E-state index >= 15 is 0 Å². The van der Waals surface area contributed by atoms with Crippen LogP contribution in [0.4, 0.5) is 0 Å². The molecule has 0 saturated carbocycles. The van der Waals surface area contributed by atoms with Crippen LogP contribution in [-0.2, 0) is 24.3 Å². The zero-order chi connectivity index (χ0) is 15.3. The number of nitrogens with zero attached hydrogens (tertiary/aromatic N) is 1. The van der Waals surface area contributed by atoms with Crippen molar-refractivity contribution in [2.45, 2.75) is 4.90 Å². The predicted octanol–water partition coefficient (Wildman–Crippen LogP) is 0.284. The summed E-state index contributed by atoms with van der Waals surface area (Å²) in [7, 11) is -2.31. The lowest BCUT2D eigenvalue weighted by atomic mass is 10.1. The average molecular weight is 299 g/mol. The molecule has 1 aromatic rings. The zero-order valence-corrected chi connectivity index (χ0v) is 11.3. The Morgan fingerprint density at radius 2 is 1.75 bits per heavy atom. The molecule has 0 aliphatic rings. The molecule has 0 unspecified atom stereocenters. The molecule has 0 heterocycles. The first-order valence-corrected chi connectivity index (χ1v) is 6.46. The summed E-state index contributed by atoms with van der Waals surface area (Å²) < 4.78 is 35.0. The van der Waals surface area contributed by atoms with Crippen LogP contribution in [-0.4, -0.2) is 40.7 Å². The summed E-state index contributed by atoms with van der Waals surface area (Å²) in [5.74, 6) is -1.77. The number of carbonyl (C=O) groups is 2. The molecule has 0 spiro atoms. The van der Waals surface area contributed by atoms with E-state index in [1.807, 2.05) is 0 Å². The number of benzene rings is 1. The molecule has 9 heteroatoms. The Morgan fingerprint density at radius 1 is 1.15 bits per heavy atom. The highest BCUT2D eigenvalue weighted by molar-refractivity contribution is 7.90. The van der Waals surface area contributed by atoms with E-state index in [1.165, 1.54) is 6.07 Å². The minimum atomic E-state index is -4.47. The fourth-order valence-corrected chi connectivity index (χ4v) is 2.26. The summed E-state index contributed by atoms with van der Waals surface area (Å²) >= 11 is 0. The number of methoxy groups -OCH3 is 2. The van der Waals surface area contributed by atoms with Crippen molar-refractivity contribution < 1.29 is 32.3 Å². The molecule has 0 amide bonds. The second-order valence-electron chi connectivity index (χ2n) is 3.35. The highest BCUT2D eigenvalue weighted by Crippen LogP contribution is 2.21. The molecule has 0 radical (unpaired) electrons. The molecule has 20 heavy (non-hydrogen) atoms. The maximum absolute atomic E-state index is 11.7. The van der Waals surface area contributed by atoms with E-state index in [4.69, 9.17) is 0 Å². The smallest absolute Gasteiger partial charge is 0.339 e. The largest absolute Gasteiger partial charge is 0.465 e. The summed E-state index contributed by atoms with van der Waals surface area (Å²) in [4.78, 5) is 32.4. The van der Waals surface area contributed by atoms with E-state index in [0.717, 1.165) is 32.4 Å². The first kappa shape index (κ1) is 15.5. The molecular weight excluding hydrogens is 290 g/mol. The number of hydrogen-bond donors (Lipinski definition) is 0. The fraction of sp³-hybridized carbons (Fsp3) is 0.182. The maximum atomic E-state index is 11.7. The summed E-state index contributed by atoms with van der Waals surface area (Å²) in [6.07, 6.45) is 0.872. The SMILES string of the molecule is COC(=O)c1ccc(C(=O)OC)c(S(=O)(=O)N=C=O)c1. The molecule has 0 saturated heterocycles. The van der Waals surface area contributed by atoms with Gasteiger partial charge in [-0.05, 0) is 18.2 Å². The van der Waals surface area contributed by atoms with Crippen molar-refractivity contribution in [3.8, 4) is 0 Å². The lowest BCUT2D eigenvalue weighted by Gasteiger charge is -2.07. The van der Waals surface area contributed by atoms with Crippen LogP contribution in [0.25, 0.3) is 0 Å². The fourth-order valence-electron chi connectivity index (χ4n) is 1.36. The minimum Gasteiger partial charge on any atom is -0.465 e. The molecule has 0 N–H and O–H groups in total. The van der Waals surface area contributed by atoms with Gasteiger partial charge in [-0.25, -0.2) is 14.4 Å². The van der Waals surface area contributed by atoms with Gasteiger partial charge in [0, 0.05) is 0 Å². The van der Waals surface area contributed by atoms with Gasteiger partial charge in [0.1, 0.15) is 4.90 Å². The molecular formula is C11H9NO7S. The van der Waals surface area contributed by atoms with E-state index in [1.54, 1.807) is 0 Å². The van der Waals surface area contributed by atoms with Crippen LogP contribution in [0.15, 0.2) is 27.5 Å². The monoisotopic (exact) mass is 299 g/mol. The minimum absolute atomic E-state index is 0.125. The number of sulfonamides is 1. The normalized spacial score (nSPS) is 10.3. The molecule has 8 nitrogen and oxygen atoms in total. The lowest BCUT2D eigenvalue weighted by molar-refractivity contribution is 0.0583. The molecule has 1 rings (SSSR count). The lowest BCUT2D eigenvalue weighted by Crippen LogP contribution is -2.11. The van der Waals surface area contributed by atoms with Crippen molar-refractivity contribution in [1.29, 1.82) is 0 Å². The van der Waals surface area contributed by atoms with Gasteiger partial charge in [0.2, 0.25) is 0 Å². The van der Waals surface area contributed by atoms with Crippen LogP contribution in [0.2, 0.25) is 0 Å². The van der Waals surface area contributed by atoms with Gasteiger partial charge in [-0.2, -0.15) is 8.42 Å². The number of esters is 2. The molecule has 0 aliphatic heterocycles. The summed E-state index contributed by atoms with van der Waals surface area (Å²) in [6, 6.07) is 3.11. The molecule has 106 valence electrons. The van der Waals surface area contributed by atoms with E-state index in [-0.39, 0.29) is 11.1 Å². The average Bonchev–Trinajstić information content (AvgIpc) is 2.44. The van der Waals surface area contributed by atoms with Crippen LogP contribution >= 0.6 is 0 Å². The molecule has 0 aliphatic carbocycles. The first-order chi connectivity index (χ1) is 9.37. The Balaban J connectivity index is 3.62. The molecule has 0 bridgehead atoms. The molecule has 0 aromatic heterocycles. The standard InChI is InChI=1S/C11H9NO7S/c1-18-10(14)7-3-4-8(11(15)19-2)9(5-7)20(16,17)12-6-13/h3-5H,1-2H3. The Bertz CT molecular complexity index is 701. The quantitative estimate of drug-likeness (QED) is 0.445. The second-order valence-corrected chi connectivity index (χ2v) is 4.92. The third kappa shape index (κ3) is 3.08. The molecule has 1 aromatic carbocycles. The molecule has 0 fully saturated rings. The highest BCUT2D eigenvalue weighted by atomic mass is 32.2. The van der Waals surface area contributed by atoms with Crippen molar-refractivity contribution in [3.63, 3.8) is 0 Å². The third-order valence-corrected chi connectivity index (χ3v) is 3.45. The van der Waals surface area contributed by atoms with E-state index in [0.29, 0.717) is 0 Å².